The molecule has 1 rings (SSSR count). The fourth-order valence-corrected chi connectivity index (χ4v) is 1.48. The molecule has 0 aliphatic carbocycles. The Morgan fingerprint density at radius 1 is 1.35 bits per heavy atom. The Hall–Kier alpha value is -1.92. The second kappa shape index (κ2) is 9.06. The van der Waals surface area contributed by atoms with Crippen LogP contribution < -0.4 is 10.7 Å². The van der Waals surface area contributed by atoms with E-state index in [0.717, 1.165) is 0 Å². The van der Waals surface area contributed by atoms with Gasteiger partial charge in [-0.25, -0.2) is 5.43 Å². The minimum absolute atomic E-state index is 0.288. The van der Waals surface area contributed by atoms with Gasteiger partial charge in [-0.3, -0.25) is 9.59 Å². The molecule has 0 fully saturated rings. The predicted octanol–water partition coefficient (Wildman–Crippen LogP) is 0.943. The quantitative estimate of drug-likeness (QED) is 0.340. The Labute approximate surface area is 122 Å². The molecule has 0 saturated heterocycles. The molecule has 0 unspecified atom stereocenters. The van der Waals surface area contributed by atoms with Gasteiger partial charge in [-0.1, -0.05) is 29.8 Å². The molecular weight excluding hydrogens is 282 g/mol. The number of nitrogens with zero attached hydrogens (tertiary/aromatic N) is 1. The van der Waals surface area contributed by atoms with Crippen molar-refractivity contribution in [3.8, 4) is 0 Å². The zero-order valence-corrected chi connectivity index (χ0v) is 11.8. The lowest BCUT2D eigenvalue weighted by molar-refractivity contribution is -0.129. The molecular formula is C13H16ClN3O3. The van der Waals surface area contributed by atoms with Gasteiger partial charge >= 0.3 is 0 Å². The third-order valence-electron chi connectivity index (χ3n) is 2.25. The molecule has 2 N–H and O–H groups in total. The summed E-state index contributed by atoms with van der Waals surface area (Å²) in [6.07, 6.45) is 1.13. The zero-order valence-electron chi connectivity index (χ0n) is 11.1. The summed E-state index contributed by atoms with van der Waals surface area (Å²) in [7, 11) is 1.53. The van der Waals surface area contributed by atoms with Crippen LogP contribution in [0.2, 0.25) is 5.02 Å². The average Bonchev–Trinajstić information content (AvgIpc) is 2.41. The van der Waals surface area contributed by atoms with Crippen LogP contribution in [0.4, 0.5) is 0 Å². The summed E-state index contributed by atoms with van der Waals surface area (Å²) in [6.45, 7) is 0.767. The Balaban J connectivity index is 2.33. The van der Waals surface area contributed by atoms with Crippen LogP contribution in [-0.4, -0.2) is 38.3 Å². The largest absolute Gasteiger partial charge is 0.383 e. The number of carbonyl (C=O) groups excluding carboxylic acids is 2. The molecule has 0 atom stereocenters. The molecule has 108 valence electrons. The number of ether oxygens (including phenoxy) is 1. The maximum Gasteiger partial charge on any atom is 0.249 e. The van der Waals surface area contributed by atoms with Crippen molar-refractivity contribution in [3.63, 3.8) is 0 Å². The third kappa shape index (κ3) is 6.31. The Bertz CT molecular complexity index is 492. The van der Waals surface area contributed by atoms with E-state index < -0.39 is 5.91 Å². The highest BCUT2D eigenvalue weighted by Crippen LogP contribution is 2.11. The van der Waals surface area contributed by atoms with Gasteiger partial charge in [0.25, 0.3) is 0 Å². The second-order valence-corrected chi connectivity index (χ2v) is 4.24. The highest BCUT2D eigenvalue weighted by molar-refractivity contribution is 6.33. The van der Waals surface area contributed by atoms with E-state index in [2.05, 4.69) is 15.8 Å². The summed E-state index contributed by atoms with van der Waals surface area (Å²) in [5.41, 5.74) is 2.94. The molecule has 0 aliphatic rings. The van der Waals surface area contributed by atoms with Gasteiger partial charge in [0.1, 0.15) is 6.42 Å². The number of rotatable bonds is 7. The molecule has 0 aliphatic heterocycles. The number of halogens is 1. The van der Waals surface area contributed by atoms with Crippen molar-refractivity contribution in [3.05, 3.63) is 34.9 Å². The van der Waals surface area contributed by atoms with Gasteiger partial charge < -0.3 is 10.1 Å². The van der Waals surface area contributed by atoms with E-state index in [1.54, 1.807) is 24.3 Å². The number of hydrazone groups is 1. The molecule has 0 aromatic heterocycles. The molecule has 20 heavy (non-hydrogen) atoms. The van der Waals surface area contributed by atoms with E-state index in [9.17, 15) is 9.59 Å². The van der Waals surface area contributed by atoms with Gasteiger partial charge in [0.2, 0.25) is 11.8 Å². The molecule has 0 bridgehead atoms. The highest BCUT2D eigenvalue weighted by atomic mass is 35.5. The summed E-state index contributed by atoms with van der Waals surface area (Å²) in [4.78, 5) is 22.7. The predicted molar refractivity (Wildman–Crippen MR) is 76.7 cm³/mol. The van der Waals surface area contributed by atoms with Crippen LogP contribution in [0.15, 0.2) is 29.4 Å². The molecule has 0 heterocycles. The zero-order chi connectivity index (χ0) is 14.8. The lowest BCUT2D eigenvalue weighted by Gasteiger charge is -2.03. The van der Waals surface area contributed by atoms with Crippen LogP contribution in [0.25, 0.3) is 0 Å². The number of nitrogens with one attached hydrogen (secondary N) is 2. The second-order valence-electron chi connectivity index (χ2n) is 3.83. The van der Waals surface area contributed by atoms with Gasteiger partial charge in [-0.2, -0.15) is 5.10 Å². The topological polar surface area (TPSA) is 79.8 Å². The summed E-state index contributed by atoms with van der Waals surface area (Å²) in [6, 6.07) is 7.07. The number of benzene rings is 1. The first-order valence-corrected chi connectivity index (χ1v) is 6.33. The first kappa shape index (κ1) is 16.1. The van der Waals surface area contributed by atoms with E-state index in [-0.39, 0.29) is 12.3 Å². The van der Waals surface area contributed by atoms with Crippen molar-refractivity contribution < 1.29 is 14.3 Å². The fourth-order valence-electron chi connectivity index (χ4n) is 1.29. The van der Waals surface area contributed by atoms with Gasteiger partial charge in [0.05, 0.1) is 12.8 Å². The number of methoxy groups -OCH3 is 1. The molecule has 0 spiro atoms. The fraction of sp³-hybridized carbons (Fsp3) is 0.308. The lowest BCUT2D eigenvalue weighted by Crippen LogP contribution is -2.31. The number of hydrogen-bond acceptors (Lipinski definition) is 4. The first-order chi connectivity index (χ1) is 9.63. The number of hydrogen-bond donors (Lipinski definition) is 2. The van der Waals surface area contributed by atoms with Crippen LogP contribution >= 0.6 is 11.6 Å². The van der Waals surface area contributed by atoms with Crippen molar-refractivity contribution in [2.45, 2.75) is 6.42 Å². The Morgan fingerprint density at radius 3 is 2.80 bits per heavy atom. The van der Waals surface area contributed by atoms with Crippen molar-refractivity contribution in [1.29, 1.82) is 0 Å². The molecule has 7 heteroatoms. The standard InChI is InChI=1S/C13H16ClN3O3/c1-20-7-6-15-12(18)8-13(19)17-16-9-10-4-2-3-5-11(10)14/h2-5,9H,6-8H2,1H3,(H,15,18)(H,17,19)/b16-9+. The van der Waals surface area contributed by atoms with Gasteiger partial charge in [-0.05, 0) is 6.07 Å². The monoisotopic (exact) mass is 297 g/mol. The van der Waals surface area contributed by atoms with Gasteiger partial charge in [-0.15, -0.1) is 0 Å². The third-order valence-corrected chi connectivity index (χ3v) is 2.59. The molecule has 1 aromatic carbocycles. The highest BCUT2D eigenvalue weighted by Gasteiger charge is 2.07. The smallest absolute Gasteiger partial charge is 0.249 e. The van der Waals surface area contributed by atoms with Crippen LogP contribution in [0, 0.1) is 0 Å². The van der Waals surface area contributed by atoms with Crippen molar-refractivity contribution in [2.75, 3.05) is 20.3 Å². The summed E-state index contributed by atoms with van der Waals surface area (Å²) >= 11 is 5.91. The van der Waals surface area contributed by atoms with Gasteiger partial charge in [0, 0.05) is 24.2 Å². The summed E-state index contributed by atoms with van der Waals surface area (Å²) in [5.74, 6) is -0.879. The summed E-state index contributed by atoms with van der Waals surface area (Å²) in [5, 5.41) is 6.80. The van der Waals surface area contributed by atoms with Crippen molar-refractivity contribution >= 4 is 29.6 Å². The minimum Gasteiger partial charge on any atom is -0.383 e. The van der Waals surface area contributed by atoms with Gasteiger partial charge in [0.15, 0.2) is 0 Å². The van der Waals surface area contributed by atoms with E-state index in [0.29, 0.717) is 23.7 Å². The Morgan fingerprint density at radius 2 is 2.10 bits per heavy atom. The van der Waals surface area contributed by atoms with Crippen LogP contribution in [0.3, 0.4) is 0 Å². The van der Waals surface area contributed by atoms with E-state index in [4.69, 9.17) is 16.3 Å². The van der Waals surface area contributed by atoms with Crippen LogP contribution in [-0.2, 0) is 14.3 Å². The van der Waals surface area contributed by atoms with E-state index in [1.807, 2.05) is 0 Å². The van der Waals surface area contributed by atoms with Crippen molar-refractivity contribution in [1.82, 2.24) is 10.7 Å². The Kier molecular flexibility index (Phi) is 7.31. The summed E-state index contributed by atoms with van der Waals surface area (Å²) < 4.78 is 4.77. The number of carbonyl (C=O) groups is 2. The van der Waals surface area contributed by atoms with Crippen LogP contribution in [0.5, 0.6) is 0 Å². The SMILES string of the molecule is COCCNC(=O)CC(=O)N/N=C/c1ccccc1Cl. The molecule has 2 amide bonds. The molecule has 0 radical (unpaired) electrons. The van der Waals surface area contributed by atoms with Crippen molar-refractivity contribution in [2.24, 2.45) is 5.10 Å². The minimum atomic E-state index is -0.497. The average molecular weight is 298 g/mol. The van der Waals surface area contributed by atoms with Crippen LogP contribution in [0.1, 0.15) is 12.0 Å². The first-order valence-electron chi connectivity index (χ1n) is 5.95. The van der Waals surface area contributed by atoms with E-state index in [1.165, 1.54) is 13.3 Å². The molecule has 1 aromatic rings. The molecule has 0 saturated carbocycles. The molecule has 6 nitrogen and oxygen atoms in total. The normalized spacial score (nSPS) is 10.5. The number of amides is 2. The maximum absolute atomic E-state index is 11.4. The maximum atomic E-state index is 11.4. The lowest BCUT2D eigenvalue weighted by atomic mass is 10.2. The van der Waals surface area contributed by atoms with E-state index >= 15 is 0 Å².